The van der Waals surface area contributed by atoms with Crippen molar-refractivity contribution in [1.29, 1.82) is 0 Å². The number of benzene rings is 2. The Bertz CT molecular complexity index is 1920. The zero-order chi connectivity index (χ0) is 29.4. The lowest BCUT2D eigenvalue weighted by atomic mass is 9.96. The number of hydrogen-bond donors (Lipinski definition) is 0. The summed E-state index contributed by atoms with van der Waals surface area (Å²) >= 11 is 8.04. The molecule has 13 heteroatoms. The molecule has 0 radical (unpaired) electrons. The number of hydrogen-bond acceptors (Lipinski definition) is 9. The maximum atomic E-state index is 13.8. The number of aromatic nitrogens is 1. The molecule has 210 valence electrons. The van der Waals surface area contributed by atoms with Gasteiger partial charge in [0.1, 0.15) is 17.3 Å². The van der Waals surface area contributed by atoms with E-state index in [2.05, 4.69) is 36.9 Å². The van der Waals surface area contributed by atoms with Crippen LogP contribution >= 0.6 is 43.2 Å². The lowest BCUT2D eigenvalue weighted by Crippen LogP contribution is -2.39. The van der Waals surface area contributed by atoms with Crippen LogP contribution in [0, 0.1) is 10.1 Å². The third kappa shape index (κ3) is 5.44. The molecule has 0 aliphatic carbocycles. The predicted octanol–water partition coefficient (Wildman–Crippen LogP) is 5.50. The number of allylic oxidation sites excluding steroid dienone is 1. The van der Waals surface area contributed by atoms with E-state index in [-0.39, 0.29) is 23.4 Å². The van der Waals surface area contributed by atoms with Crippen LogP contribution < -0.4 is 19.6 Å². The number of carbonyl (C=O) groups excluding carboxylic acids is 1. The second-order valence-electron chi connectivity index (χ2n) is 8.82. The average molecular weight is 703 g/mol. The lowest BCUT2D eigenvalue weighted by Gasteiger charge is -2.25. The fourth-order valence-electron chi connectivity index (χ4n) is 4.48. The first-order valence-corrected chi connectivity index (χ1v) is 14.6. The third-order valence-electron chi connectivity index (χ3n) is 6.34. The van der Waals surface area contributed by atoms with Crippen LogP contribution in [0.1, 0.15) is 31.2 Å². The summed E-state index contributed by atoms with van der Waals surface area (Å²) in [5.41, 5.74) is 1.61. The lowest BCUT2D eigenvalue weighted by molar-refractivity contribution is -0.384. The van der Waals surface area contributed by atoms with E-state index < -0.39 is 16.9 Å². The first-order valence-electron chi connectivity index (χ1n) is 12.2. The molecule has 2 aromatic carbocycles. The number of nitrogens with zero attached hydrogens (tertiary/aromatic N) is 3. The number of thiazole rings is 1. The van der Waals surface area contributed by atoms with Crippen molar-refractivity contribution in [3.63, 3.8) is 0 Å². The Balaban J connectivity index is 1.62. The maximum Gasteiger partial charge on any atom is 0.338 e. The van der Waals surface area contributed by atoms with Crippen LogP contribution in [-0.2, 0) is 9.53 Å². The van der Waals surface area contributed by atoms with E-state index in [1.165, 1.54) is 28.0 Å². The summed E-state index contributed by atoms with van der Waals surface area (Å²) in [6.45, 7) is 3.61. The molecule has 0 spiro atoms. The largest absolute Gasteiger partial charge is 0.496 e. The molecule has 0 fully saturated rings. The van der Waals surface area contributed by atoms with Gasteiger partial charge in [0, 0.05) is 28.2 Å². The van der Waals surface area contributed by atoms with Crippen LogP contribution in [-0.4, -0.2) is 29.2 Å². The Morgan fingerprint density at radius 3 is 2.63 bits per heavy atom. The number of nitro groups is 1. The number of methoxy groups -OCH3 is 1. The van der Waals surface area contributed by atoms with Crippen LogP contribution in [0.25, 0.3) is 17.4 Å². The number of rotatable bonds is 7. The second-order valence-corrected chi connectivity index (χ2v) is 11.5. The number of esters is 1. The van der Waals surface area contributed by atoms with Crippen molar-refractivity contribution in [3.05, 3.63) is 110 Å². The Morgan fingerprint density at radius 2 is 1.98 bits per heavy atom. The molecule has 1 atom stereocenters. The minimum atomic E-state index is -0.780. The highest BCUT2D eigenvalue weighted by Crippen LogP contribution is 2.35. The minimum absolute atomic E-state index is 0.0514. The molecule has 0 saturated carbocycles. The highest BCUT2D eigenvalue weighted by molar-refractivity contribution is 9.11. The molecule has 41 heavy (non-hydrogen) atoms. The summed E-state index contributed by atoms with van der Waals surface area (Å²) in [4.78, 5) is 42.5. The van der Waals surface area contributed by atoms with Crippen LogP contribution in [0.4, 0.5) is 5.69 Å². The fraction of sp³-hybridized carbons (Fsp3) is 0.179. The molecule has 1 aliphatic heterocycles. The van der Waals surface area contributed by atoms with Gasteiger partial charge in [0.2, 0.25) is 0 Å². The fourth-order valence-corrected chi connectivity index (χ4v) is 6.63. The predicted molar refractivity (Wildman–Crippen MR) is 160 cm³/mol. The van der Waals surface area contributed by atoms with E-state index in [9.17, 15) is 19.7 Å². The van der Waals surface area contributed by atoms with Crippen molar-refractivity contribution in [2.75, 3.05) is 13.7 Å². The molecule has 1 unspecified atom stereocenters. The van der Waals surface area contributed by atoms with Gasteiger partial charge in [-0.1, -0.05) is 17.4 Å². The monoisotopic (exact) mass is 701 g/mol. The van der Waals surface area contributed by atoms with E-state index in [1.807, 2.05) is 0 Å². The molecule has 0 N–H and O–H groups in total. The molecule has 5 rings (SSSR count). The van der Waals surface area contributed by atoms with Crippen LogP contribution in [0.2, 0.25) is 0 Å². The number of nitro benzene ring substituents is 1. The van der Waals surface area contributed by atoms with Gasteiger partial charge in [-0.3, -0.25) is 19.5 Å². The second kappa shape index (κ2) is 11.6. The SMILES string of the molecule is CCOC(=O)C1=C(C)N=c2s/c(=C\c3ccc(-c4ccc([N+](=O)[O-])cc4Br)o3)c(=O)n2C1c1ccc(OC)c(Br)c1. The summed E-state index contributed by atoms with van der Waals surface area (Å²) in [7, 11) is 1.55. The zero-order valence-electron chi connectivity index (χ0n) is 21.8. The first-order chi connectivity index (χ1) is 19.6. The van der Waals surface area contributed by atoms with Crippen molar-refractivity contribution >= 4 is 60.9 Å². The van der Waals surface area contributed by atoms with Gasteiger partial charge in [-0.25, -0.2) is 9.79 Å². The highest BCUT2D eigenvalue weighted by Gasteiger charge is 2.33. The van der Waals surface area contributed by atoms with Gasteiger partial charge >= 0.3 is 5.97 Å². The van der Waals surface area contributed by atoms with E-state index in [0.717, 1.165) is 0 Å². The highest BCUT2D eigenvalue weighted by atomic mass is 79.9. The summed E-state index contributed by atoms with van der Waals surface area (Å²) < 4.78 is 19.7. The molecular formula is C28H21Br2N3O7S. The van der Waals surface area contributed by atoms with Crippen molar-refractivity contribution in [2.24, 2.45) is 4.99 Å². The Kier molecular flexibility index (Phi) is 8.11. The van der Waals surface area contributed by atoms with Crippen molar-refractivity contribution in [1.82, 2.24) is 4.57 Å². The Labute approximate surface area is 253 Å². The molecule has 0 amide bonds. The molecule has 3 heterocycles. The van der Waals surface area contributed by atoms with Crippen LogP contribution in [0.3, 0.4) is 0 Å². The first kappa shape index (κ1) is 28.7. The average Bonchev–Trinajstić information content (AvgIpc) is 3.51. The zero-order valence-corrected chi connectivity index (χ0v) is 25.8. The van der Waals surface area contributed by atoms with Crippen molar-refractivity contribution < 1.29 is 23.6 Å². The summed E-state index contributed by atoms with van der Waals surface area (Å²) in [5, 5.41) is 11.1. The van der Waals surface area contributed by atoms with E-state index in [4.69, 9.17) is 13.9 Å². The topological polar surface area (TPSA) is 126 Å². The number of halogens is 2. The van der Waals surface area contributed by atoms with E-state index >= 15 is 0 Å². The number of furan rings is 1. The van der Waals surface area contributed by atoms with Gasteiger partial charge in [-0.2, -0.15) is 0 Å². The third-order valence-corrected chi connectivity index (χ3v) is 8.60. The smallest absolute Gasteiger partial charge is 0.338 e. The summed E-state index contributed by atoms with van der Waals surface area (Å²) in [6, 6.07) is 12.4. The van der Waals surface area contributed by atoms with Gasteiger partial charge in [0.05, 0.1) is 45.0 Å². The molecular weight excluding hydrogens is 682 g/mol. The van der Waals surface area contributed by atoms with Crippen LogP contribution in [0.5, 0.6) is 5.75 Å². The number of carbonyl (C=O) groups is 1. The molecule has 0 bridgehead atoms. The summed E-state index contributed by atoms with van der Waals surface area (Å²) in [5.74, 6) is 0.921. The standard InChI is InChI=1S/C28H21Br2N3O7S/c1-4-39-27(35)24-14(2)31-28-32(25(24)15-5-9-22(38-3)20(30)11-15)26(34)23(41-28)13-17-7-10-21(40-17)18-8-6-16(33(36)37)12-19(18)29/h5-13,25H,4H2,1-3H3/b23-13-. The molecule has 4 aromatic rings. The Morgan fingerprint density at radius 1 is 1.20 bits per heavy atom. The molecule has 0 saturated heterocycles. The molecule has 2 aromatic heterocycles. The van der Waals surface area contributed by atoms with Gasteiger partial charge in [-0.05, 0) is 81.6 Å². The van der Waals surface area contributed by atoms with Crippen molar-refractivity contribution in [3.8, 4) is 17.1 Å². The number of fused-ring (bicyclic) bond motifs is 1. The number of ether oxygens (including phenoxy) is 2. The van der Waals surface area contributed by atoms with Gasteiger partial charge in [-0.15, -0.1) is 0 Å². The van der Waals surface area contributed by atoms with Crippen LogP contribution in [0.15, 0.2) is 83.0 Å². The van der Waals surface area contributed by atoms with E-state index in [1.54, 1.807) is 63.4 Å². The minimum Gasteiger partial charge on any atom is -0.496 e. The number of non-ortho nitro benzene ring substituents is 1. The quantitative estimate of drug-likeness (QED) is 0.141. The van der Waals surface area contributed by atoms with Crippen molar-refractivity contribution in [2.45, 2.75) is 19.9 Å². The van der Waals surface area contributed by atoms with Gasteiger partial charge in [0.15, 0.2) is 4.80 Å². The molecule has 10 nitrogen and oxygen atoms in total. The molecule has 1 aliphatic rings. The maximum absolute atomic E-state index is 13.8. The summed E-state index contributed by atoms with van der Waals surface area (Å²) in [6.07, 6.45) is 1.61. The van der Waals surface area contributed by atoms with Gasteiger partial charge in [0.25, 0.3) is 11.2 Å². The Hall–Kier alpha value is -3.81. The normalized spacial score (nSPS) is 15.0. The van der Waals surface area contributed by atoms with Gasteiger partial charge < -0.3 is 13.9 Å². The van der Waals surface area contributed by atoms with E-state index in [0.29, 0.717) is 52.4 Å².